The fourth-order valence-electron chi connectivity index (χ4n) is 2.56. The van der Waals surface area contributed by atoms with Crippen molar-refractivity contribution in [2.45, 2.75) is 33.2 Å². The molecule has 4 nitrogen and oxygen atoms in total. The number of carbonyl (C=O) groups excluding carboxylic acids is 2. The van der Waals surface area contributed by atoms with Gasteiger partial charge in [-0.25, -0.2) is 9.18 Å². The molecule has 1 aliphatic heterocycles. The van der Waals surface area contributed by atoms with Crippen molar-refractivity contribution in [3.05, 3.63) is 40.8 Å². The first-order valence-corrected chi connectivity index (χ1v) is 6.96. The number of carbonyl (C=O) groups is 2. The van der Waals surface area contributed by atoms with Gasteiger partial charge in [0.2, 0.25) is 5.91 Å². The van der Waals surface area contributed by atoms with Crippen molar-refractivity contribution in [2.24, 2.45) is 0 Å². The van der Waals surface area contributed by atoms with Gasteiger partial charge in [0.05, 0.1) is 6.61 Å². The van der Waals surface area contributed by atoms with Crippen molar-refractivity contribution in [3.8, 4) is 0 Å². The molecule has 0 saturated carbocycles. The Morgan fingerprint density at radius 1 is 1.33 bits per heavy atom. The molecule has 1 aliphatic rings. The van der Waals surface area contributed by atoms with Crippen molar-refractivity contribution in [1.82, 2.24) is 4.90 Å². The number of amides is 1. The average Bonchev–Trinajstić information content (AvgIpc) is 2.46. The molecular formula is C16H18FNO3. The Labute approximate surface area is 123 Å². The maximum Gasteiger partial charge on any atom is 0.334 e. The Hall–Kier alpha value is -2.17. The molecule has 0 aliphatic carbocycles. The normalized spacial score (nSPS) is 16.6. The first-order chi connectivity index (χ1) is 10.0. The molecule has 1 aromatic rings. The van der Waals surface area contributed by atoms with Gasteiger partial charge < -0.3 is 9.64 Å². The summed E-state index contributed by atoms with van der Waals surface area (Å²) < 4.78 is 19.3. The van der Waals surface area contributed by atoms with Crippen LogP contribution >= 0.6 is 0 Å². The van der Waals surface area contributed by atoms with E-state index in [1.54, 1.807) is 19.1 Å². The lowest BCUT2D eigenvalue weighted by Crippen LogP contribution is -2.37. The van der Waals surface area contributed by atoms with Crippen LogP contribution in [-0.4, -0.2) is 23.4 Å². The Bertz CT molecular complexity index is 610. The summed E-state index contributed by atoms with van der Waals surface area (Å²) in [7, 11) is 0. The maximum atomic E-state index is 14.3. The fraction of sp³-hybridized carbons (Fsp3) is 0.375. The SMILES string of the molecule is CCOC(=O)C1c2c(F)ccc(CC)c2C=CN1C(C)=O. The van der Waals surface area contributed by atoms with E-state index in [-0.39, 0.29) is 18.1 Å². The van der Waals surface area contributed by atoms with E-state index in [2.05, 4.69) is 0 Å². The molecule has 1 heterocycles. The highest BCUT2D eigenvalue weighted by molar-refractivity contribution is 5.88. The van der Waals surface area contributed by atoms with Gasteiger partial charge in [-0.1, -0.05) is 13.0 Å². The van der Waals surface area contributed by atoms with Crippen LogP contribution in [0.2, 0.25) is 0 Å². The van der Waals surface area contributed by atoms with Crippen molar-refractivity contribution in [2.75, 3.05) is 6.61 Å². The van der Waals surface area contributed by atoms with Crippen LogP contribution in [-0.2, 0) is 20.7 Å². The first-order valence-electron chi connectivity index (χ1n) is 6.96. The predicted molar refractivity (Wildman–Crippen MR) is 76.7 cm³/mol. The van der Waals surface area contributed by atoms with Crippen LogP contribution in [0, 0.1) is 5.82 Å². The van der Waals surface area contributed by atoms with Crippen LogP contribution in [0.3, 0.4) is 0 Å². The predicted octanol–water partition coefficient (Wildman–Crippen LogP) is 2.83. The third-order valence-electron chi connectivity index (χ3n) is 3.53. The summed E-state index contributed by atoms with van der Waals surface area (Å²) in [6.07, 6.45) is 3.90. The van der Waals surface area contributed by atoms with E-state index in [4.69, 9.17) is 4.74 Å². The molecule has 21 heavy (non-hydrogen) atoms. The smallest absolute Gasteiger partial charge is 0.334 e. The quantitative estimate of drug-likeness (QED) is 0.805. The third kappa shape index (κ3) is 2.68. The second kappa shape index (κ2) is 6.08. The number of hydrogen-bond acceptors (Lipinski definition) is 3. The minimum atomic E-state index is -1.06. The Balaban J connectivity index is 2.62. The minimum absolute atomic E-state index is 0.176. The highest BCUT2D eigenvalue weighted by Gasteiger charge is 2.36. The Morgan fingerprint density at radius 3 is 2.62 bits per heavy atom. The summed E-state index contributed by atoms with van der Waals surface area (Å²) in [6, 6.07) is 1.97. The van der Waals surface area contributed by atoms with Gasteiger partial charge in [-0.3, -0.25) is 4.79 Å². The van der Waals surface area contributed by atoms with Gasteiger partial charge in [0, 0.05) is 18.7 Å². The molecule has 0 bridgehead atoms. The number of fused-ring (bicyclic) bond motifs is 1. The third-order valence-corrected chi connectivity index (χ3v) is 3.53. The number of halogens is 1. The summed E-state index contributed by atoms with van der Waals surface area (Å²) in [4.78, 5) is 25.2. The van der Waals surface area contributed by atoms with E-state index < -0.39 is 17.8 Å². The fourth-order valence-corrected chi connectivity index (χ4v) is 2.56. The molecule has 1 unspecified atom stereocenters. The zero-order valence-electron chi connectivity index (χ0n) is 12.4. The minimum Gasteiger partial charge on any atom is -0.464 e. The molecule has 0 spiro atoms. The summed E-state index contributed by atoms with van der Waals surface area (Å²) >= 11 is 0. The molecule has 2 rings (SSSR count). The molecule has 0 N–H and O–H groups in total. The van der Waals surface area contributed by atoms with E-state index in [0.29, 0.717) is 12.0 Å². The summed E-state index contributed by atoms with van der Waals surface area (Å²) in [5.74, 6) is -1.46. The Morgan fingerprint density at radius 2 is 2.05 bits per heavy atom. The van der Waals surface area contributed by atoms with Crippen LogP contribution in [0.1, 0.15) is 43.5 Å². The summed E-state index contributed by atoms with van der Waals surface area (Å²) in [6.45, 7) is 5.14. The van der Waals surface area contributed by atoms with Crippen LogP contribution in [0.5, 0.6) is 0 Å². The maximum absolute atomic E-state index is 14.3. The van der Waals surface area contributed by atoms with Gasteiger partial charge in [-0.2, -0.15) is 0 Å². The topological polar surface area (TPSA) is 46.6 Å². The largest absolute Gasteiger partial charge is 0.464 e. The standard InChI is InChI=1S/C16H18FNO3/c1-4-11-6-7-13(17)14-12(11)8-9-18(10(3)19)15(14)16(20)21-5-2/h6-9,15H,4-5H2,1-3H3. The van der Waals surface area contributed by atoms with Gasteiger partial charge in [-0.15, -0.1) is 0 Å². The van der Waals surface area contributed by atoms with E-state index in [0.717, 1.165) is 5.56 Å². The highest BCUT2D eigenvalue weighted by atomic mass is 19.1. The highest BCUT2D eigenvalue weighted by Crippen LogP contribution is 2.35. The monoisotopic (exact) mass is 291 g/mol. The van der Waals surface area contributed by atoms with E-state index in [1.165, 1.54) is 24.1 Å². The number of hydrogen-bond donors (Lipinski definition) is 0. The number of rotatable bonds is 3. The molecule has 0 saturated heterocycles. The molecule has 0 radical (unpaired) electrons. The molecule has 112 valence electrons. The average molecular weight is 291 g/mol. The lowest BCUT2D eigenvalue weighted by Gasteiger charge is -2.31. The molecule has 1 aromatic carbocycles. The second-order valence-corrected chi connectivity index (χ2v) is 4.78. The number of nitrogens with zero attached hydrogens (tertiary/aromatic N) is 1. The van der Waals surface area contributed by atoms with Gasteiger partial charge in [0.1, 0.15) is 5.82 Å². The van der Waals surface area contributed by atoms with Crippen LogP contribution < -0.4 is 0 Å². The second-order valence-electron chi connectivity index (χ2n) is 4.78. The van der Waals surface area contributed by atoms with Gasteiger partial charge in [-0.05, 0) is 36.6 Å². The molecule has 0 aromatic heterocycles. The van der Waals surface area contributed by atoms with Gasteiger partial charge >= 0.3 is 5.97 Å². The van der Waals surface area contributed by atoms with E-state index in [9.17, 15) is 14.0 Å². The van der Waals surface area contributed by atoms with Crippen molar-refractivity contribution in [1.29, 1.82) is 0 Å². The van der Waals surface area contributed by atoms with Crippen LogP contribution in [0.15, 0.2) is 18.3 Å². The van der Waals surface area contributed by atoms with Crippen LogP contribution in [0.4, 0.5) is 4.39 Å². The zero-order valence-corrected chi connectivity index (χ0v) is 12.4. The first kappa shape index (κ1) is 15.2. The number of aryl methyl sites for hydroxylation is 1. The lowest BCUT2D eigenvalue weighted by molar-refractivity contribution is -0.152. The number of ether oxygens (including phenoxy) is 1. The molecule has 0 fully saturated rings. The van der Waals surface area contributed by atoms with Gasteiger partial charge in [0.15, 0.2) is 6.04 Å². The summed E-state index contributed by atoms with van der Waals surface area (Å²) in [5.41, 5.74) is 1.80. The molecule has 1 atom stereocenters. The van der Waals surface area contributed by atoms with Crippen molar-refractivity contribution < 1.29 is 18.7 Å². The number of esters is 1. The van der Waals surface area contributed by atoms with Crippen molar-refractivity contribution >= 4 is 18.0 Å². The summed E-state index contributed by atoms with van der Waals surface area (Å²) in [5, 5.41) is 0. The van der Waals surface area contributed by atoms with E-state index in [1.807, 2.05) is 6.92 Å². The zero-order chi connectivity index (χ0) is 15.6. The molecule has 1 amide bonds. The van der Waals surface area contributed by atoms with Crippen molar-refractivity contribution in [3.63, 3.8) is 0 Å². The van der Waals surface area contributed by atoms with Gasteiger partial charge in [0.25, 0.3) is 0 Å². The lowest BCUT2D eigenvalue weighted by atomic mass is 9.90. The molecular weight excluding hydrogens is 273 g/mol. The number of benzene rings is 1. The molecule has 5 heteroatoms. The van der Waals surface area contributed by atoms with E-state index >= 15 is 0 Å². The van der Waals surface area contributed by atoms with Crippen LogP contribution in [0.25, 0.3) is 6.08 Å². The Kier molecular flexibility index (Phi) is 4.40.